The average molecular weight is 251 g/mol. The number of carbonyl (C=O) groups is 1. The Morgan fingerprint density at radius 3 is 3.06 bits per heavy atom. The maximum absolute atomic E-state index is 10.7. The molecule has 0 aliphatic carbocycles. The molecule has 2 rings (SSSR count). The first-order valence-electron chi connectivity index (χ1n) is 5.90. The van der Waals surface area contributed by atoms with Crippen LogP contribution in [0.2, 0.25) is 0 Å². The van der Waals surface area contributed by atoms with Gasteiger partial charge in [-0.2, -0.15) is 0 Å². The van der Waals surface area contributed by atoms with Crippen molar-refractivity contribution in [3.05, 3.63) is 24.0 Å². The van der Waals surface area contributed by atoms with Crippen LogP contribution in [0.4, 0.5) is 10.5 Å². The lowest BCUT2D eigenvalue weighted by Crippen LogP contribution is -2.41. The molecule has 0 radical (unpaired) electrons. The maximum atomic E-state index is 10.7. The standard InChI is InChI=1S/C12H17N3O3/c1-7-4-8(15-12(16)17)5-11(18-7)9-2-3-14-6-10(9)13/h2-3,6-8,11,15H,4-5,13H2,1H3,(H,16,17)/t7-,8+,11-/m1/s1. The number of aromatic nitrogens is 1. The van der Waals surface area contributed by atoms with E-state index in [2.05, 4.69) is 10.3 Å². The molecule has 1 amide bonds. The van der Waals surface area contributed by atoms with Crippen molar-refractivity contribution in [1.29, 1.82) is 0 Å². The topological polar surface area (TPSA) is 97.5 Å². The van der Waals surface area contributed by atoms with Crippen LogP contribution in [0.25, 0.3) is 0 Å². The molecule has 1 aromatic heterocycles. The number of nitrogens with one attached hydrogen (secondary N) is 1. The minimum Gasteiger partial charge on any atom is -0.465 e. The first-order valence-corrected chi connectivity index (χ1v) is 5.90. The number of ether oxygens (including phenoxy) is 1. The van der Waals surface area contributed by atoms with Gasteiger partial charge in [0.2, 0.25) is 0 Å². The summed E-state index contributed by atoms with van der Waals surface area (Å²) in [5, 5.41) is 11.3. The smallest absolute Gasteiger partial charge is 0.404 e. The van der Waals surface area contributed by atoms with Crippen LogP contribution in [-0.4, -0.2) is 28.3 Å². The van der Waals surface area contributed by atoms with Crippen molar-refractivity contribution in [1.82, 2.24) is 10.3 Å². The van der Waals surface area contributed by atoms with Gasteiger partial charge in [-0.3, -0.25) is 4.98 Å². The number of nitrogens with zero attached hydrogens (tertiary/aromatic N) is 1. The highest BCUT2D eigenvalue weighted by molar-refractivity contribution is 5.64. The number of rotatable bonds is 2. The van der Waals surface area contributed by atoms with Gasteiger partial charge in [0.1, 0.15) is 0 Å². The Labute approximate surface area is 105 Å². The summed E-state index contributed by atoms with van der Waals surface area (Å²) >= 11 is 0. The van der Waals surface area contributed by atoms with Crippen LogP contribution in [0.3, 0.4) is 0 Å². The minimum absolute atomic E-state index is 0.00633. The Hall–Kier alpha value is -1.82. The molecule has 6 nitrogen and oxygen atoms in total. The largest absolute Gasteiger partial charge is 0.465 e. The number of nitrogens with two attached hydrogens (primary N) is 1. The van der Waals surface area contributed by atoms with Crippen LogP contribution < -0.4 is 11.1 Å². The molecule has 1 aliphatic heterocycles. The molecule has 1 aliphatic rings. The number of carboxylic acid groups (broad SMARTS) is 1. The van der Waals surface area contributed by atoms with E-state index in [-0.39, 0.29) is 18.2 Å². The third-order valence-electron chi connectivity index (χ3n) is 3.07. The highest BCUT2D eigenvalue weighted by Crippen LogP contribution is 2.33. The number of hydrogen-bond acceptors (Lipinski definition) is 4. The van der Waals surface area contributed by atoms with Crippen LogP contribution >= 0.6 is 0 Å². The van der Waals surface area contributed by atoms with Crippen molar-refractivity contribution in [3.63, 3.8) is 0 Å². The zero-order valence-electron chi connectivity index (χ0n) is 10.2. The number of hydrogen-bond donors (Lipinski definition) is 3. The summed E-state index contributed by atoms with van der Waals surface area (Å²) in [7, 11) is 0. The lowest BCUT2D eigenvalue weighted by molar-refractivity contribution is -0.0525. The number of pyridine rings is 1. The van der Waals surface area contributed by atoms with Crippen LogP contribution in [0.15, 0.2) is 18.5 Å². The fourth-order valence-corrected chi connectivity index (χ4v) is 2.35. The Kier molecular flexibility index (Phi) is 3.66. The second-order valence-corrected chi connectivity index (χ2v) is 4.56. The molecule has 0 bridgehead atoms. The third-order valence-corrected chi connectivity index (χ3v) is 3.07. The lowest BCUT2D eigenvalue weighted by atomic mass is 9.94. The first kappa shape index (κ1) is 12.6. The molecular weight excluding hydrogens is 234 g/mol. The van der Waals surface area contributed by atoms with Gasteiger partial charge in [-0.15, -0.1) is 0 Å². The Morgan fingerprint density at radius 1 is 1.61 bits per heavy atom. The summed E-state index contributed by atoms with van der Waals surface area (Å²) < 4.78 is 5.82. The second kappa shape index (κ2) is 5.22. The van der Waals surface area contributed by atoms with Gasteiger partial charge in [0.05, 0.1) is 24.1 Å². The van der Waals surface area contributed by atoms with Crippen molar-refractivity contribution in [2.45, 2.75) is 38.0 Å². The molecule has 18 heavy (non-hydrogen) atoms. The summed E-state index contributed by atoms with van der Waals surface area (Å²) in [4.78, 5) is 14.6. The Balaban J connectivity index is 2.13. The molecule has 6 heteroatoms. The van der Waals surface area contributed by atoms with E-state index in [0.717, 1.165) is 5.56 Å². The predicted octanol–water partition coefficient (Wildman–Crippen LogP) is 1.54. The quantitative estimate of drug-likeness (QED) is 0.740. The van der Waals surface area contributed by atoms with Gasteiger partial charge < -0.3 is 20.9 Å². The van der Waals surface area contributed by atoms with Gasteiger partial charge in [0, 0.05) is 17.8 Å². The average Bonchev–Trinajstić information content (AvgIpc) is 2.27. The van der Waals surface area contributed by atoms with Gasteiger partial charge in [0.15, 0.2) is 0 Å². The summed E-state index contributed by atoms with van der Waals surface area (Å²) in [6, 6.07) is 1.71. The summed E-state index contributed by atoms with van der Waals surface area (Å²) in [6.07, 6.45) is 3.31. The van der Waals surface area contributed by atoms with Crippen LogP contribution in [0.5, 0.6) is 0 Å². The molecule has 1 aromatic rings. The monoisotopic (exact) mass is 251 g/mol. The number of nitrogen functional groups attached to an aromatic ring is 1. The van der Waals surface area contributed by atoms with Crippen molar-refractivity contribution in [3.8, 4) is 0 Å². The van der Waals surface area contributed by atoms with E-state index in [4.69, 9.17) is 15.6 Å². The molecule has 0 saturated carbocycles. The fourth-order valence-electron chi connectivity index (χ4n) is 2.35. The second-order valence-electron chi connectivity index (χ2n) is 4.56. The minimum atomic E-state index is -1.00. The summed E-state index contributed by atoms with van der Waals surface area (Å²) in [5.74, 6) is 0. The highest BCUT2D eigenvalue weighted by Gasteiger charge is 2.30. The molecule has 4 N–H and O–H groups in total. The van der Waals surface area contributed by atoms with E-state index >= 15 is 0 Å². The van der Waals surface area contributed by atoms with E-state index in [9.17, 15) is 4.79 Å². The Morgan fingerprint density at radius 2 is 2.39 bits per heavy atom. The molecule has 0 spiro atoms. The summed E-state index contributed by atoms with van der Waals surface area (Å²) in [5.41, 5.74) is 7.31. The SMILES string of the molecule is C[C@@H]1C[C@H](NC(=O)O)C[C@H](c2ccncc2N)O1. The molecule has 3 atom stereocenters. The van der Waals surface area contributed by atoms with E-state index in [0.29, 0.717) is 18.5 Å². The molecular formula is C12H17N3O3. The van der Waals surface area contributed by atoms with Gasteiger partial charge >= 0.3 is 6.09 Å². The first-order chi connectivity index (χ1) is 8.56. The molecule has 1 saturated heterocycles. The third kappa shape index (κ3) is 2.89. The molecule has 0 unspecified atom stereocenters. The molecule has 98 valence electrons. The van der Waals surface area contributed by atoms with Crippen LogP contribution in [0.1, 0.15) is 31.4 Å². The lowest BCUT2D eigenvalue weighted by Gasteiger charge is -2.34. The van der Waals surface area contributed by atoms with Gasteiger partial charge in [0.25, 0.3) is 0 Å². The summed E-state index contributed by atoms with van der Waals surface area (Å²) in [6.45, 7) is 1.93. The highest BCUT2D eigenvalue weighted by atomic mass is 16.5. The van der Waals surface area contributed by atoms with E-state index in [1.165, 1.54) is 0 Å². The van der Waals surface area contributed by atoms with Gasteiger partial charge in [-0.1, -0.05) is 0 Å². The number of anilines is 1. The van der Waals surface area contributed by atoms with Crippen LogP contribution in [-0.2, 0) is 4.74 Å². The zero-order valence-corrected chi connectivity index (χ0v) is 10.2. The van der Waals surface area contributed by atoms with Crippen molar-refractivity contribution in [2.75, 3.05) is 5.73 Å². The van der Waals surface area contributed by atoms with Crippen molar-refractivity contribution < 1.29 is 14.6 Å². The van der Waals surface area contributed by atoms with Gasteiger partial charge in [-0.05, 0) is 25.8 Å². The number of amides is 1. The predicted molar refractivity (Wildman–Crippen MR) is 66.1 cm³/mol. The van der Waals surface area contributed by atoms with E-state index < -0.39 is 6.09 Å². The zero-order chi connectivity index (χ0) is 13.1. The molecule has 0 aromatic carbocycles. The van der Waals surface area contributed by atoms with Crippen LogP contribution in [0, 0.1) is 0 Å². The maximum Gasteiger partial charge on any atom is 0.404 e. The molecule has 2 heterocycles. The van der Waals surface area contributed by atoms with E-state index in [1.807, 2.05) is 13.0 Å². The normalized spacial score (nSPS) is 27.7. The fraction of sp³-hybridized carbons (Fsp3) is 0.500. The van der Waals surface area contributed by atoms with E-state index in [1.54, 1.807) is 12.4 Å². The van der Waals surface area contributed by atoms with Gasteiger partial charge in [-0.25, -0.2) is 4.79 Å². The Bertz CT molecular complexity index is 438. The molecule has 1 fully saturated rings. The van der Waals surface area contributed by atoms with Crippen molar-refractivity contribution in [2.24, 2.45) is 0 Å². The van der Waals surface area contributed by atoms with Crippen molar-refractivity contribution >= 4 is 11.8 Å².